The van der Waals surface area contributed by atoms with E-state index in [0.29, 0.717) is 16.9 Å². The number of para-hydroxylation sites is 3. The predicted molar refractivity (Wildman–Crippen MR) is 190 cm³/mol. The maximum atomic E-state index is 8.91. The predicted octanol–water partition coefficient (Wildman–Crippen LogP) is 11.1. The van der Waals surface area contributed by atoms with Gasteiger partial charge >= 0.3 is 0 Å². The minimum atomic E-state index is -0.456. The van der Waals surface area contributed by atoms with E-state index in [1.165, 1.54) is 0 Å². The standard InChI is InChI=1S/C42H25N3O/c1-2-11-26(12-3-1)40-34-22-21-29(30-17-10-18-33-32-16-7-9-20-39(32)46-41(30)33)24-36(34)43-42(44-40)45-37-19-8-6-15-31(37)35-23-27-13-4-5-14-28(27)25-38(35)45/h1-25H/i1D,2D,3D,11D,12D. The number of rotatable bonds is 3. The molecule has 0 unspecified atom stereocenters. The molecule has 214 valence electrons. The number of furan rings is 1. The largest absolute Gasteiger partial charge is 0.455 e. The quantitative estimate of drug-likeness (QED) is 0.205. The van der Waals surface area contributed by atoms with Gasteiger partial charge in [-0.15, -0.1) is 0 Å². The second-order valence-electron chi connectivity index (χ2n) is 11.5. The van der Waals surface area contributed by atoms with Crippen molar-refractivity contribution in [1.82, 2.24) is 14.5 Å². The van der Waals surface area contributed by atoms with Crippen LogP contribution >= 0.6 is 0 Å². The van der Waals surface area contributed by atoms with Crippen molar-refractivity contribution in [2.75, 3.05) is 0 Å². The summed E-state index contributed by atoms with van der Waals surface area (Å²) in [5, 5.41) is 6.81. The Hall–Kier alpha value is -6.26. The first-order valence-corrected chi connectivity index (χ1v) is 15.1. The van der Waals surface area contributed by atoms with Gasteiger partial charge < -0.3 is 4.42 Å². The van der Waals surface area contributed by atoms with Crippen molar-refractivity contribution >= 4 is 65.4 Å². The first kappa shape index (κ1) is 20.7. The number of nitrogens with zero attached hydrogens (tertiary/aromatic N) is 3. The Morgan fingerprint density at radius 1 is 0.543 bits per heavy atom. The Morgan fingerprint density at radius 2 is 1.30 bits per heavy atom. The fraction of sp³-hybridized carbons (Fsp3) is 0. The van der Waals surface area contributed by atoms with Crippen LogP contribution in [0.1, 0.15) is 6.85 Å². The molecule has 0 saturated heterocycles. The molecule has 3 aromatic heterocycles. The molecule has 4 heteroatoms. The molecule has 7 aromatic carbocycles. The average molecular weight is 593 g/mol. The van der Waals surface area contributed by atoms with Gasteiger partial charge in [0, 0.05) is 38.1 Å². The van der Waals surface area contributed by atoms with Crippen LogP contribution in [0.5, 0.6) is 0 Å². The lowest BCUT2D eigenvalue weighted by Gasteiger charge is -2.13. The van der Waals surface area contributed by atoms with Gasteiger partial charge in [-0.1, -0.05) is 115 Å². The summed E-state index contributed by atoms with van der Waals surface area (Å²) in [4.78, 5) is 10.3. The van der Waals surface area contributed by atoms with Crippen LogP contribution in [-0.2, 0) is 0 Å². The Bertz CT molecular complexity index is 3080. The van der Waals surface area contributed by atoms with Crippen LogP contribution in [-0.4, -0.2) is 14.5 Å². The Morgan fingerprint density at radius 3 is 2.20 bits per heavy atom. The third-order valence-corrected chi connectivity index (χ3v) is 8.88. The first-order chi connectivity index (χ1) is 24.9. The van der Waals surface area contributed by atoms with Gasteiger partial charge in [0.25, 0.3) is 0 Å². The summed E-state index contributed by atoms with van der Waals surface area (Å²) < 4.78 is 51.4. The van der Waals surface area contributed by atoms with Gasteiger partial charge in [0.1, 0.15) is 11.2 Å². The highest BCUT2D eigenvalue weighted by atomic mass is 16.3. The maximum absolute atomic E-state index is 8.91. The summed E-state index contributed by atoms with van der Waals surface area (Å²) in [5.41, 5.74) is 5.91. The smallest absolute Gasteiger partial charge is 0.235 e. The lowest BCUT2D eigenvalue weighted by molar-refractivity contribution is 0.670. The van der Waals surface area contributed by atoms with E-state index in [2.05, 4.69) is 36.4 Å². The molecule has 0 bridgehead atoms. The van der Waals surface area contributed by atoms with E-state index in [0.717, 1.165) is 65.6 Å². The van der Waals surface area contributed by atoms with Gasteiger partial charge in [0.2, 0.25) is 5.95 Å². The van der Waals surface area contributed by atoms with E-state index < -0.39 is 18.1 Å². The maximum Gasteiger partial charge on any atom is 0.235 e. The van der Waals surface area contributed by atoms with E-state index in [9.17, 15) is 0 Å². The zero-order valence-corrected chi connectivity index (χ0v) is 24.3. The van der Waals surface area contributed by atoms with Crippen molar-refractivity contribution in [3.8, 4) is 28.3 Å². The third-order valence-electron chi connectivity index (χ3n) is 8.88. The third kappa shape index (κ3) is 3.67. The molecule has 0 saturated carbocycles. The van der Waals surface area contributed by atoms with E-state index in [4.69, 9.17) is 21.2 Å². The second-order valence-corrected chi connectivity index (χ2v) is 11.5. The molecule has 0 N–H and O–H groups in total. The normalized spacial score (nSPS) is 13.4. The van der Waals surface area contributed by atoms with Crippen LogP contribution in [0.15, 0.2) is 156 Å². The molecule has 0 radical (unpaired) electrons. The second kappa shape index (κ2) is 9.62. The lowest BCUT2D eigenvalue weighted by Crippen LogP contribution is -2.03. The summed E-state index contributed by atoms with van der Waals surface area (Å²) >= 11 is 0. The van der Waals surface area contributed by atoms with E-state index >= 15 is 0 Å². The molecule has 0 aliphatic heterocycles. The summed E-state index contributed by atoms with van der Waals surface area (Å²) in [6.45, 7) is 0. The Kier molecular flexibility index (Phi) is 4.32. The van der Waals surface area contributed by atoms with E-state index in [1.807, 2.05) is 89.5 Å². The fourth-order valence-corrected chi connectivity index (χ4v) is 6.79. The molecule has 0 fully saturated rings. The molecule has 3 heterocycles. The van der Waals surface area contributed by atoms with Crippen molar-refractivity contribution in [2.45, 2.75) is 0 Å². The van der Waals surface area contributed by atoms with Crippen LogP contribution in [0.3, 0.4) is 0 Å². The van der Waals surface area contributed by atoms with Crippen LogP contribution in [0.25, 0.3) is 93.8 Å². The molecule has 4 nitrogen and oxygen atoms in total. The summed E-state index contributed by atoms with van der Waals surface area (Å²) in [7, 11) is 0. The number of fused-ring (bicyclic) bond motifs is 8. The van der Waals surface area contributed by atoms with Gasteiger partial charge in [-0.25, -0.2) is 9.97 Å². The Labute approximate surface area is 270 Å². The topological polar surface area (TPSA) is 43.9 Å². The minimum Gasteiger partial charge on any atom is -0.455 e. The summed E-state index contributed by atoms with van der Waals surface area (Å²) in [6, 6.07) is 38.4. The number of aromatic nitrogens is 3. The van der Waals surface area contributed by atoms with Crippen molar-refractivity contribution in [2.24, 2.45) is 0 Å². The van der Waals surface area contributed by atoms with Crippen molar-refractivity contribution < 1.29 is 11.3 Å². The van der Waals surface area contributed by atoms with Crippen molar-refractivity contribution in [3.63, 3.8) is 0 Å². The highest BCUT2D eigenvalue weighted by molar-refractivity contribution is 6.14. The summed E-state index contributed by atoms with van der Waals surface area (Å²) in [6.07, 6.45) is 0. The van der Waals surface area contributed by atoms with Crippen LogP contribution in [0.2, 0.25) is 0 Å². The molecule has 0 amide bonds. The summed E-state index contributed by atoms with van der Waals surface area (Å²) in [5.74, 6) is 0.324. The average Bonchev–Trinajstić information content (AvgIpc) is 3.70. The molecule has 46 heavy (non-hydrogen) atoms. The highest BCUT2D eigenvalue weighted by Crippen LogP contribution is 2.39. The molecule has 0 aliphatic rings. The zero-order chi connectivity index (χ0) is 34.5. The van der Waals surface area contributed by atoms with Crippen LogP contribution < -0.4 is 0 Å². The van der Waals surface area contributed by atoms with Gasteiger partial charge in [0.05, 0.1) is 29.1 Å². The SMILES string of the molecule is [2H]c1c([2H])c([2H])c(-c2nc(-n3c4ccccc4c4cc5ccccc5cc43)nc3cc(-c4cccc5c4oc4ccccc45)ccc23)c([2H])c1[2H]. The van der Waals surface area contributed by atoms with E-state index in [-0.39, 0.29) is 23.3 Å². The van der Waals surface area contributed by atoms with Crippen molar-refractivity contribution in [3.05, 3.63) is 152 Å². The molecule has 0 aliphatic carbocycles. The van der Waals surface area contributed by atoms with Crippen LogP contribution in [0, 0.1) is 0 Å². The minimum absolute atomic E-state index is 0.0213. The molecule has 10 aromatic rings. The molecule has 0 spiro atoms. The fourth-order valence-electron chi connectivity index (χ4n) is 6.79. The number of benzene rings is 7. The molecular formula is C42H25N3O. The zero-order valence-electron chi connectivity index (χ0n) is 29.3. The van der Waals surface area contributed by atoms with Gasteiger partial charge in [-0.2, -0.15) is 0 Å². The molecule has 0 atom stereocenters. The van der Waals surface area contributed by atoms with Gasteiger partial charge in [-0.3, -0.25) is 4.57 Å². The van der Waals surface area contributed by atoms with Crippen molar-refractivity contribution in [1.29, 1.82) is 0 Å². The lowest BCUT2D eigenvalue weighted by atomic mass is 9.99. The molecular weight excluding hydrogens is 562 g/mol. The Balaban J connectivity index is 1.32. The van der Waals surface area contributed by atoms with E-state index in [1.54, 1.807) is 0 Å². The molecule has 10 rings (SSSR count). The number of hydrogen-bond acceptors (Lipinski definition) is 3. The number of hydrogen-bond donors (Lipinski definition) is 0. The van der Waals surface area contributed by atoms with Gasteiger partial charge in [-0.05, 0) is 52.7 Å². The first-order valence-electron chi connectivity index (χ1n) is 17.6. The van der Waals surface area contributed by atoms with Crippen LogP contribution in [0.4, 0.5) is 0 Å². The van der Waals surface area contributed by atoms with Gasteiger partial charge in [0.15, 0.2) is 0 Å². The highest BCUT2D eigenvalue weighted by Gasteiger charge is 2.19. The monoisotopic (exact) mass is 592 g/mol.